The predicted octanol–water partition coefficient (Wildman–Crippen LogP) is -2.14. The standard InChI is InChI=1S/C33H58O12S10.C22H37O2S7.2CH4.6Na.3O2S/c1-3-5-15-46-50-19-11-29(34)42-25-33(26-43-30(35)12-20-51-47-16-6-4-2,27-44-31(36)13-21-52-48-17-7-9-23-54(38)39)28-45-32(37)14-22-53-49-18-8-10-24-55(40)41;1-3-5-7-11-26-29-18-21-14-20(17-28-25-10-6-4-2)15-22(16-21)19-30-27-12-8-9-13-31(23)24;;;;;;;;;3*1-3-2/h1-28H2,(H,38,39)(H,40,41);14-16H,2-13,17-19H2,1H3,(H,23,24);2*1H4;;;;;;;;;/q-2;-1;;;6*+1;;;/p-3. The third-order valence-corrected chi connectivity index (χ3v) is 29.8. The van der Waals surface area contributed by atoms with Gasteiger partial charge < -0.3 is 53.4 Å². The van der Waals surface area contributed by atoms with Crippen LogP contribution in [0.3, 0.4) is 0 Å². The maximum atomic E-state index is 12.8. The topological polar surface area (TPSA) is 328 Å². The van der Waals surface area contributed by atoms with Gasteiger partial charge in [0, 0.05) is 97.8 Å². The number of esters is 4. The summed E-state index contributed by atoms with van der Waals surface area (Å²) < 4.78 is 136. The molecule has 1 aromatic carbocycles. The second-order valence-corrected chi connectivity index (χ2v) is 40.8. The Kier molecular flexibility index (Phi) is 149. The summed E-state index contributed by atoms with van der Waals surface area (Å²) in [5.74, 6) is 10.4. The van der Waals surface area contributed by atoms with E-state index in [0.717, 1.165) is 104 Å². The maximum absolute atomic E-state index is 12.8. The van der Waals surface area contributed by atoms with E-state index >= 15 is 0 Å². The van der Waals surface area contributed by atoms with Crippen LogP contribution in [-0.2, 0) is 123 Å². The van der Waals surface area contributed by atoms with Crippen molar-refractivity contribution in [2.24, 2.45) is 5.41 Å². The first-order valence-corrected chi connectivity index (χ1v) is 52.8. The molecule has 46 heteroatoms. The number of benzene rings is 1. The number of hydrogen-bond donors (Lipinski definition) is 0. The van der Waals surface area contributed by atoms with Crippen LogP contribution in [-0.4, -0.2) is 182 Å². The van der Waals surface area contributed by atoms with Crippen molar-refractivity contribution in [2.45, 2.75) is 161 Å². The molecule has 1 aromatic rings. The molecule has 3 unspecified atom stereocenters. The Bertz CT molecular complexity index is 2130. The van der Waals surface area contributed by atoms with E-state index in [0.29, 0.717) is 35.9 Å². The quantitative estimate of drug-likeness (QED) is 0.0128. The maximum Gasteiger partial charge on any atom is 1.00 e. The van der Waals surface area contributed by atoms with E-state index in [4.69, 9.17) is 44.2 Å². The smallest absolute Gasteiger partial charge is 0.772 e. The molecule has 0 radical (unpaired) electrons. The Labute approximate surface area is 824 Å². The van der Waals surface area contributed by atoms with Crippen molar-refractivity contribution >= 4 is 243 Å². The summed E-state index contributed by atoms with van der Waals surface area (Å²) in [6, 6.07) is 7.13. The van der Waals surface area contributed by atoms with Crippen LogP contribution in [0.5, 0.6) is 0 Å². The van der Waals surface area contributed by atoms with Gasteiger partial charge in [-0.15, -0.1) is 0 Å². The van der Waals surface area contributed by atoms with Crippen LogP contribution in [0.25, 0.3) is 0 Å². The third-order valence-electron chi connectivity index (χ3n) is 10.7. The Morgan fingerprint density at radius 1 is 0.350 bits per heavy atom. The molecule has 0 aliphatic rings. The third kappa shape index (κ3) is 112. The fourth-order valence-electron chi connectivity index (χ4n) is 6.08. The molecule has 0 spiro atoms. The van der Waals surface area contributed by atoms with E-state index < -0.39 is 97.2 Å². The van der Waals surface area contributed by atoms with Crippen LogP contribution >= 0.6 is 151 Å². The molecule has 0 saturated heterocycles. The molecule has 0 heterocycles. The molecule has 0 aromatic heterocycles. The molecule has 0 saturated carbocycles. The van der Waals surface area contributed by atoms with Gasteiger partial charge >= 0.3 is 236 Å². The van der Waals surface area contributed by atoms with Gasteiger partial charge in [0.1, 0.15) is 31.8 Å². The fourth-order valence-corrected chi connectivity index (χ4v) is 22.4. The normalized spacial score (nSPS) is 10.8. The van der Waals surface area contributed by atoms with E-state index in [-0.39, 0.29) is 262 Å². The number of ether oxygens (including phenoxy) is 4. The molecule has 0 aliphatic heterocycles. The van der Waals surface area contributed by atoms with E-state index in [1.165, 1.54) is 97.1 Å². The number of carbonyl (C=O) groups is 4. The largest absolute Gasteiger partial charge is 1.00 e. The Morgan fingerprint density at radius 3 is 0.748 bits per heavy atom. The second-order valence-electron chi connectivity index (χ2n) is 18.8. The van der Waals surface area contributed by atoms with Crippen molar-refractivity contribution in [2.75, 3.05) is 107 Å². The van der Waals surface area contributed by atoms with E-state index in [1.807, 2.05) is 64.8 Å². The van der Waals surface area contributed by atoms with Crippen molar-refractivity contribution in [1.82, 2.24) is 0 Å². The number of hydrogen-bond acceptors (Lipinski definition) is 34. The van der Waals surface area contributed by atoms with Crippen LogP contribution in [0.4, 0.5) is 0 Å². The van der Waals surface area contributed by atoms with Crippen molar-refractivity contribution < 1.29 is 267 Å². The Morgan fingerprint density at radius 2 is 0.544 bits per heavy atom. The van der Waals surface area contributed by atoms with Gasteiger partial charge in [0.05, 0.1) is 25.7 Å². The first-order valence-electron chi connectivity index (χ1n) is 29.7. The molecule has 103 heavy (non-hydrogen) atoms. The molecule has 0 bridgehead atoms. The van der Waals surface area contributed by atoms with Gasteiger partial charge in [-0.3, -0.25) is 31.8 Å². The summed E-state index contributed by atoms with van der Waals surface area (Å²) in [6.45, 7) is 12.5. The molecular weight excluding hydrogens is 1780 g/mol. The summed E-state index contributed by atoms with van der Waals surface area (Å²) in [4.78, 5) is 51.2. The SMILES string of the molecule is C.C.O=S=O.O=S=O.O=S=O.[CH2-]CCCSSCCC(=O)OCC(COC(=O)CCSSCCC[CH2-])(COC(=O)CCSSCCCCS(=O)[O-])COC(=O)CCSSCCCCS(=O)[O-].[CH2-]CCCSSCc1cc(CSSCCCCC)cc(CSSCCCCS(=O)[O-])c1.[Na+].[Na+].[Na+].[Na+].[Na+].[Na+]. The fraction of sp³-hybridized carbons (Fsp3) is 0.772. The molecule has 0 amide bonds. The zero-order valence-electron chi connectivity index (χ0n) is 59.5. The average molecular weight is 1880 g/mol. The van der Waals surface area contributed by atoms with Gasteiger partial charge in [-0.1, -0.05) is 256 Å². The van der Waals surface area contributed by atoms with Crippen LogP contribution < -0.4 is 177 Å². The van der Waals surface area contributed by atoms with E-state index in [9.17, 15) is 45.5 Å². The molecular formula is C57H100Na6O20S20. The minimum atomic E-state index is -2.05. The molecule has 0 aliphatic carbocycles. The zero-order valence-corrected chi connectivity index (χ0v) is 87.8. The number of carbonyl (C=O) groups excluding carboxylic acids is 4. The average Bonchev–Trinajstić information content (AvgIpc) is 0.866. The van der Waals surface area contributed by atoms with Crippen molar-refractivity contribution in [3.63, 3.8) is 0 Å². The number of unbranched alkanes of at least 4 members (excludes halogenated alkanes) is 8. The summed E-state index contributed by atoms with van der Waals surface area (Å²) in [6.07, 6.45) is 14.5. The van der Waals surface area contributed by atoms with Gasteiger partial charge in [0.25, 0.3) is 0 Å². The Hall–Kier alpha value is 7.79. The van der Waals surface area contributed by atoms with Gasteiger partial charge in [0.2, 0.25) is 0 Å². The van der Waals surface area contributed by atoms with Crippen LogP contribution in [0.1, 0.15) is 160 Å². The molecule has 574 valence electrons. The summed E-state index contributed by atoms with van der Waals surface area (Å²) in [7, 11) is 24.1. The molecule has 20 nitrogen and oxygen atoms in total. The summed E-state index contributed by atoms with van der Waals surface area (Å²) in [5.41, 5.74) is 2.92. The second kappa shape index (κ2) is 112. The van der Waals surface area contributed by atoms with E-state index in [1.54, 1.807) is 43.2 Å². The van der Waals surface area contributed by atoms with Crippen molar-refractivity contribution in [1.29, 1.82) is 0 Å². The predicted molar refractivity (Wildman–Crippen MR) is 435 cm³/mol. The van der Waals surface area contributed by atoms with Gasteiger partial charge in [-0.25, -0.2) is 0 Å². The minimum absolute atomic E-state index is 0. The molecule has 1 rings (SSSR count). The van der Waals surface area contributed by atoms with Crippen LogP contribution in [0.15, 0.2) is 18.2 Å². The monoisotopic (exact) mass is 1880 g/mol. The first kappa shape index (κ1) is 137. The van der Waals surface area contributed by atoms with Crippen LogP contribution in [0, 0.1) is 26.2 Å². The molecule has 0 N–H and O–H groups in total. The summed E-state index contributed by atoms with van der Waals surface area (Å²) >= 11 is -8.24. The summed E-state index contributed by atoms with van der Waals surface area (Å²) in [5, 5.41) is 0. The first-order chi connectivity index (χ1) is 45.9. The molecule has 3 atom stereocenters. The van der Waals surface area contributed by atoms with E-state index in [2.05, 4.69) is 45.9 Å². The van der Waals surface area contributed by atoms with Crippen molar-refractivity contribution in [3.8, 4) is 0 Å². The number of rotatable bonds is 61. The van der Waals surface area contributed by atoms with Gasteiger partial charge in [-0.2, -0.15) is 44.5 Å². The van der Waals surface area contributed by atoms with Gasteiger partial charge in [-0.05, 0) is 61.6 Å². The van der Waals surface area contributed by atoms with Gasteiger partial charge in [0.15, 0.2) is 0 Å². The Balaban J connectivity index is -0.000000147. The minimum Gasteiger partial charge on any atom is -0.772 e. The van der Waals surface area contributed by atoms with Crippen LogP contribution in [0.2, 0.25) is 0 Å². The van der Waals surface area contributed by atoms with Crippen molar-refractivity contribution in [3.05, 3.63) is 55.7 Å². The molecule has 0 fully saturated rings. The zero-order chi connectivity index (χ0) is 71.5.